The van der Waals surface area contributed by atoms with Crippen LogP contribution in [0.25, 0.3) is 0 Å². The van der Waals surface area contributed by atoms with Crippen LogP contribution in [0, 0.1) is 24.7 Å². The average Bonchev–Trinajstić information content (AvgIpc) is 3.22. The maximum absolute atomic E-state index is 12.2. The van der Waals surface area contributed by atoms with E-state index in [0.29, 0.717) is 18.9 Å². The van der Waals surface area contributed by atoms with E-state index < -0.39 is 0 Å². The van der Waals surface area contributed by atoms with Crippen molar-refractivity contribution in [3.05, 3.63) is 28.2 Å². The summed E-state index contributed by atoms with van der Waals surface area (Å²) in [6, 6.07) is 5.78. The van der Waals surface area contributed by atoms with Crippen molar-refractivity contribution in [1.82, 2.24) is 5.32 Å². The monoisotopic (exact) mass is 366 g/mol. The molecule has 1 aliphatic rings. The summed E-state index contributed by atoms with van der Waals surface area (Å²) in [6.07, 6.45) is 1.61. The van der Waals surface area contributed by atoms with Gasteiger partial charge in [-0.25, -0.2) is 0 Å². The van der Waals surface area contributed by atoms with Gasteiger partial charge in [0.25, 0.3) is 0 Å². The predicted octanol–water partition coefficient (Wildman–Crippen LogP) is 3.49. The highest BCUT2D eigenvalue weighted by atomic mass is 79.9. The molecule has 4 nitrogen and oxygen atoms in total. The first-order valence-electron chi connectivity index (χ1n) is 7.73. The molecule has 22 heavy (non-hydrogen) atoms. The van der Waals surface area contributed by atoms with Crippen LogP contribution in [0.1, 0.15) is 32.3 Å². The largest absolute Gasteiger partial charge is 0.356 e. The summed E-state index contributed by atoms with van der Waals surface area (Å²) < 4.78 is 0.861. The normalized spacial score (nSPS) is 19.9. The van der Waals surface area contributed by atoms with Crippen LogP contribution in [0.5, 0.6) is 0 Å². The first-order valence-corrected chi connectivity index (χ1v) is 8.52. The van der Waals surface area contributed by atoms with E-state index in [9.17, 15) is 9.59 Å². The van der Waals surface area contributed by atoms with Gasteiger partial charge in [0.1, 0.15) is 0 Å². The molecule has 0 saturated heterocycles. The molecule has 1 aromatic rings. The minimum absolute atomic E-state index is 0.00349. The van der Waals surface area contributed by atoms with Crippen molar-refractivity contribution in [2.24, 2.45) is 17.8 Å². The first kappa shape index (κ1) is 17.0. The van der Waals surface area contributed by atoms with Gasteiger partial charge < -0.3 is 10.6 Å². The molecule has 2 atom stereocenters. The van der Waals surface area contributed by atoms with Crippen LogP contribution >= 0.6 is 15.9 Å². The predicted molar refractivity (Wildman–Crippen MR) is 91.6 cm³/mol. The molecule has 2 rings (SSSR count). The van der Waals surface area contributed by atoms with Gasteiger partial charge in [-0.3, -0.25) is 9.59 Å². The number of halogens is 1. The van der Waals surface area contributed by atoms with E-state index in [2.05, 4.69) is 40.4 Å². The lowest BCUT2D eigenvalue weighted by molar-refractivity contribution is -0.125. The Kier molecular flexibility index (Phi) is 5.62. The third kappa shape index (κ3) is 4.57. The lowest BCUT2D eigenvalue weighted by atomic mass is 10.1. The van der Waals surface area contributed by atoms with E-state index in [4.69, 9.17) is 0 Å². The molecule has 1 fully saturated rings. The summed E-state index contributed by atoms with van der Waals surface area (Å²) in [5.74, 6) is 0.124. The maximum Gasteiger partial charge on any atom is 0.228 e. The minimum atomic E-state index is -0.202. The number of amides is 2. The molecule has 0 spiro atoms. The number of hydrogen-bond donors (Lipinski definition) is 2. The fraction of sp³-hybridized carbons (Fsp3) is 0.529. The molecule has 0 aromatic heterocycles. The average molecular weight is 367 g/mol. The van der Waals surface area contributed by atoms with Crippen LogP contribution in [-0.4, -0.2) is 18.4 Å². The Balaban J connectivity index is 1.81. The topological polar surface area (TPSA) is 58.2 Å². The lowest BCUT2D eigenvalue weighted by Crippen LogP contribution is -2.28. The van der Waals surface area contributed by atoms with Gasteiger partial charge in [0, 0.05) is 11.0 Å². The third-order valence-electron chi connectivity index (χ3n) is 3.87. The quantitative estimate of drug-likeness (QED) is 0.809. The number of anilines is 1. The summed E-state index contributed by atoms with van der Waals surface area (Å²) in [6.45, 7) is 6.93. The van der Waals surface area contributed by atoms with Gasteiger partial charge >= 0.3 is 0 Å². The van der Waals surface area contributed by atoms with Crippen molar-refractivity contribution in [2.75, 3.05) is 11.9 Å². The van der Waals surface area contributed by atoms with Gasteiger partial charge in [0.2, 0.25) is 11.8 Å². The first-order chi connectivity index (χ1) is 10.4. The van der Waals surface area contributed by atoms with E-state index >= 15 is 0 Å². The molecule has 0 heterocycles. The van der Waals surface area contributed by atoms with Gasteiger partial charge in [-0.05, 0) is 59.3 Å². The molecule has 5 heteroatoms. The van der Waals surface area contributed by atoms with Gasteiger partial charge in [-0.2, -0.15) is 0 Å². The van der Waals surface area contributed by atoms with Crippen LogP contribution in [-0.2, 0) is 9.59 Å². The van der Waals surface area contributed by atoms with Crippen molar-refractivity contribution < 1.29 is 9.59 Å². The lowest BCUT2D eigenvalue weighted by Gasteiger charge is -2.09. The Morgan fingerprint density at radius 3 is 2.59 bits per heavy atom. The standard InChI is InChI=1S/C17H23BrN2O2/c1-10(2)6-7-19-16(21)12-9-13(12)17(22)20-15-5-4-11(3)8-14(15)18/h4-5,8,10,12-13H,6-7,9H2,1-3H3,(H,19,21)(H,20,22). The Morgan fingerprint density at radius 1 is 1.27 bits per heavy atom. The second-order valence-corrected chi connectivity index (χ2v) is 7.25. The smallest absolute Gasteiger partial charge is 0.228 e. The van der Waals surface area contributed by atoms with Gasteiger partial charge in [-0.15, -0.1) is 0 Å². The molecule has 1 aromatic carbocycles. The Labute approximate surface area is 140 Å². The van der Waals surface area contributed by atoms with E-state index in [-0.39, 0.29) is 23.7 Å². The highest BCUT2D eigenvalue weighted by Gasteiger charge is 2.47. The summed E-state index contributed by atoms with van der Waals surface area (Å²) in [4.78, 5) is 24.2. The summed E-state index contributed by atoms with van der Waals surface area (Å²) in [7, 11) is 0. The third-order valence-corrected chi connectivity index (χ3v) is 4.52. The maximum atomic E-state index is 12.2. The number of aryl methyl sites for hydroxylation is 1. The molecule has 120 valence electrons. The Bertz CT molecular complexity index is 572. The SMILES string of the molecule is Cc1ccc(NC(=O)C2CC2C(=O)NCCC(C)C)c(Br)c1. The van der Waals surface area contributed by atoms with Crippen LogP contribution in [0.3, 0.4) is 0 Å². The van der Waals surface area contributed by atoms with E-state index in [0.717, 1.165) is 22.1 Å². The van der Waals surface area contributed by atoms with Crippen molar-refractivity contribution in [1.29, 1.82) is 0 Å². The summed E-state index contributed by atoms with van der Waals surface area (Å²) >= 11 is 3.44. The van der Waals surface area contributed by atoms with Crippen molar-refractivity contribution in [3.63, 3.8) is 0 Å². The zero-order valence-electron chi connectivity index (χ0n) is 13.3. The fourth-order valence-electron chi connectivity index (χ4n) is 2.34. The van der Waals surface area contributed by atoms with E-state index in [1.54, 1.807) is 0 Å². The molecular formula is C17H23BrN2O2. The molecule has 1 saturated carbocycles. The number of carbonyl (C=O) groups excluding carboxylic acids is 2. The summed E-state index contributed by atoms with van der Waals surface area (Å²) in [5, 5.41) is 5.81. The summed E-state index contributed by atoms with van der Waals surface area (Å²) in [5.41, 5.74) is 1.88. The molecule has 0 radical (unpaired) electrons. The number of hydrogen-bond acceptors (Lipinski definition) is 2. The molecule has 0 aliphatic heterocycles. The minimum Gasteiger partial charge on any atom is -0.356 e. The molecular weight excluding hydrogens is 344 g/mol. The van der Waals surface area contributed by atoms with Gasteiger partial charge in [-0.1, -0.05) is 19.9 Å². The molecule has 1 aliphatic carbocycles. The van der Waals surface area contributed by atoms with Crippen LogP contribution in [0.15, 0.2) is 22.7 Å². The van der Waals surface area contributed by atoms with Crippen LogP contribution < -0.4 is 10.6 Å². The second-order valence-electron chi connectivity index (χ2n) is 6.39. The Hall–Kier alpha value is -1.36. The van der Waals surface area contributed by atoms with E-state index in [1.807, 2.05) is 25.1 Å². The van der Waals surface area contributed by atoms with Crippen molar-refractivity contribution in [3.8, 4) is 0 Å². The number of benzene rings is 1. The number of nitrogens with one attached hydrogen (secondary N) is 2. The number of rotatable bonds is 6. The zero-order chi connectivity index (χ0) is 16.3. The second kappa shape index (κ2) is 7.27. The van der Waals surface area contributed by atoms with Gasteiger partial charge in [0.05, 0.1) is 17.5 Å². The van der Waals surface area contributed by atoms with Gasteiger partial charge in [0.15, 0.2) is 0 Å². The van der Waals surface area contributed by atoms with Crippen molar-refractivity contribution >= 4 is 33.4 Å². The molecule has 0 bridgehead atoms. The molecule has 2 unspecified atom stereocenters. The highest BCUT2D eigenvalue weighted by molar-refractivity contribution is 9.10. The van der Waals surface area contributed by atoms with Crippen molar-refractivity contribution in [2.45, 2.75) is 33.6 Å². The zero-order valence-corrected chi connectivity index (χ0v) is 14.9. The van der Waals surface area contributed by atoms with Crippen LogP contribution in [0.4, 0.5) is 5.69 Å². The molecule has 2 N–H and O–H groups in total. The Morgan fingerprint density at radius 2 is 1.95 bits per heavy atom. The fourth-order valence-corrected chi connectivity index (χ4v) is 2.93. The molecule has 2 amide bonds. The number of carbonyl (C=O) groups is 2. The highest BCUT2D eigenvalue weighted by Crippen LogP contribution is 2.40. The van der Waals surface area contributed by atoms with Crippen LogP contribution in [0.2, 0.25) is 0 Å². The van der Waals surface area contributed by atoms with E-state index in [1.165, 1.54) is 0 Å².